The molecule has 3 rings (SSSR count). The zero-order chi connectivity index (χ0) is 23.6. The maximum absolute atomic E-state index is 14.4. The third-order valence-corrected chi connectivity index (χ3v) is 5.06. The Morgan fingerprint density at radius 3 is 2.50 bits per heavy atom. The third-order valence-electron chi connectivity index (χ3n) is 4.83. The normalized spacial score (nSPS) is 11.5. The van der Waals surface area contributed by atoms with Gasteiger partial charge in [-0.15, -0.1) is 0 Å². The molecule has 0 aliphatic rings. The van der Waals surface area contributed by atoms with E-state index in [1.807, 2.05) is 34.6 Å². The van der Waals surface area contributed by atoms with E-state index in [4.69, 9.17) is 11.6 Å². The van der Waals surface area contributed by atoms with Crippen molar-refractivity contribution >= 4 is 34.7 Å². The fourth-order valence-corrected chi connectivity index (χ4v) is 3.22. The molecule has 0 fully saturated rings. The number of amides is 1. The van der Waals surface area contributed by atoms with Gasteiger partial charge in [-0.05, 0) is 36.2 Å². The molecule has 0 radical (unpaired) electrons. The second kappa shape index (κ2) is 9.12. The Hall–Kier alpha value is -3.19. The summed E-state index contributed by atoms with van der Waals surface area (Å²) in [7, 11) is 0. The molecule has 2 aromatic heterocycles. The van der Waals surface area contributed by atoms with Crippen LogP contribution in [0.2, 0.25) is 5.02 Å². The molecule has 3 aromatic rings. The zero-order valence-electron chi connectivity index (χ0n) is 18.6. The van der Waals surface area contributed by atoms with Crippen LogP contribution in [-0.2, 0) is 4.79 Å². The number of anilines is 3. The van der Waals surface area contributed by atoms with Crippen LogP contribution in [0.4, 0.5) is 21.6 Å². The monoisotopic (exact) mass is 456 g/mol. The topological polar surface area (TPSA) is 86.9 Å². The molecule has 0 bridgehead atoms. The van der Waals surface area contributed by atoms with E-state index in [0.717, 1.165) is 0 Å². The molecule has 0 aliphatic heterocycles. The van der Waals surface area contributed by atoms with E-state index < -0.39 is 16.8 Å². The lowest BCUT2D eigenvalue weighted by atomic mass is 9.96. The van der Waals surface area contributed by atoms with Crippen molar-refractivity contribution in [2.75, 3.05) is 10.6 Å². The van der Waals surface area contributed by atoms with Crippen LogP contribution < -0.4 is 16.2 Å². The second-order valence-corrected chi connectivity index (χ2v) is 9.31. The van der Waals surface area contributed by atoms with Crippen LogP contribution in [0.5, 0.6) is 0 Å². The maximum Gasteiger partial charge on any atom is 0.256 e. The van der Waals surface area contributed by atoms with Crippen LogP contribution in [-0.4, -0.2) is 15.9 Å². The number of benzene rings is 1. The zero-order valence-corrected chi connectivity index (χ0v) is 19.4. The van der Waals surface area contributed by atoms with Crippen molar-refractivity contribution in [3.8, 4) is 11.1 Å². The fraction of sp³-hybridized carbons (Fsp3) is 0.292. The molecule has 32 heavy (non-hydrogen) atoms. The summed E-state index contributed by atoms with van der Waals surface area (Å²) in [5.74, 6) is -0.316. The van der Waals surface area contributed by atoms with Crippen molar-refractivity contribution in [1.29, 1.82) is 0 Å². The second-order valence-electron chi connectivity index (χ2n) is 8.88. The van der Waals surface area contributed by atoms with Gasteiger partial charge in [0, 0.05) is 39.6 Å². The molecule has 0 saturated heterocycles. The van der Waals surface area contributed by atoms with Gasteiger partial charge in [0.2, 0.25) is 5.91 Å². The van der Waals surface area contributed by atoms with E-state index in [0.29, 0.717) is 27.9 Å². The van der Waals surface area contributed by atoms with E-state index in [1.54, 1.807) is 24.4 Å². The number of nitrogens with zero attached hydrogens (tertiary/aromatic N) is 1. The van der Waals surface area contributed by atoms with E-state index >= 15 is 0 Å². The lowest BCUT2D eigenvalue weighted by Gasteiger charge is -2.18. The molecule has 8 heteroatoms. The number of pyridine rings is 2. The molecule has 0 spiro atoms. The van der Waals surface area contributed by atoms with Gasteiger partial charge in [0.15, 0.2) is 0 Å². The van der Waals surface area contributed by atoms with Gasteiger partial charge >= 0.3 is 0 Å². The van der Waals surface area contributed by atoms with Crippen molar-refractivity contribution < 1.29 is 9.18 Å². The minimum absolute atomic E-state index is 0.00893. The average Bonchev–Trinajstić information content (AvgIpc) is 2.70. The number of hydrogen-bond acceptors (Lipinski definition) is 4. The fourth-order valence-electron chi connectivity index (χ4n) is 3.04. The van der Waals surface area contributed by atoms with Crippen molar-refractivity contribution in [3.05, 3.63) is 69.5 Å². The number of rotatable bonds is 5. The number of carbonyl (C=O) groups excluding carboxylic acids is 1. The van der Waals surface area contributed by atoms with Gasteiger partial charge in [-0.1, -0.05) is 46.2 Å². The van der Waals surface area contributed by atoms with Crippen LogP contribution in [0.25, 0.3) is 11.1 Å². The minimum Gasteiger partial charge on any atom is -0.354 e. The molecule has 1 aromatic carbocycles. The molecule has 6 nitrogen and oxygen atoms in total. The molecule has 0 aliphatic carbocycles. The van der Waals surface area contributed by atoms with Gasteiger partial charge in [-0.25, -0.2) is 9.37 Å². The first-order chi connectivity index (χ1) is 15.0. The molecular weight excluding hydrogens is 431 g/mol. The highest BCUT2D eigenvalue weighted by atomic mass is 35.5. The average molecular weight is 457 g/mol. The Labute approximate surface area is 191 Å². The summed E-state index contributed by atoms with van der Waals surface area (Å²) in [6.07, 6.45) is 1.57. The summed E-state index contributed by atoms with van der Waals surface area (Å²) in [4.78, 5) is 32.1. The van der Waals surface area contributed by atoms with Crippen LogP contribution in [0.15, 0.2) is 47.4 Å². The molecule has 168 valence electrons. The lowest BCUT2D eigenvalue weighted by Crippen LogP contribution is -2.28. The summed E-state index contributed by atoms with van der Waals surface area (Å²) in [6, 6.07) is 9.12. The van der Waals surface area contributed by atoms with Crippen LogP contribution in [0, 0.1) is 11.2 Å². The van der Waals surface area contributed by atoms with Gasteiger partial charge in [0.1, 0.15) is 11.6 Å². The Bertz CT molecular complexity index is 1220. The predicted octanol–water partition coefficient (Wildman–Crippen LogP) is 6.08. The van der Waals surface area contributed by atoms with Gasteiger partial charge in [0.25, 0.3) is 5.56 Å². The maximum atomic E-state index is 14.4. The number of H-pyrrole nitrogens is 1. The van der Waals surface area contributed by atoms with Crippen molar-refractivity contribution in [2.24, 2.45) is 5.41 Å². The summed E-state index contributed by atoms with van der Waals surface area (Å²) >= 11 is 6.03. The smallest absolute Gasteiger partial charge is 0.256 e. The molecule has 2 heterocycles. The van der Waals surface area contributed by atoms with E-state index in [2.05, 4.69) is 20.6 Å². The van der Waals surface area contributed by atoms with Crippen molar-refractivity contribution in [3.63, 3.8) is 0 Å². The molecule has 0 saturated carbocycles. The standard InChI is InChI=1S/C24H26ClFN4O2/c1-13(2)21-19(12-17(22(31)30-21)16-10-14(25)6-7-18(16)26)28-15-8-9-27-20(11-15)29-23(32)24(3,4)5/h6-13H,1-5H3,(H,30,31)(H2,27,28,29,32). The largest absolute Gasteiger partial charge is 0.354 e. The Balaban J connectivity index is 2.02. The van der Waals surface area contributed by atoms with Crippen LogP contribution in [0.3, 0.4) is 0 Å². The van der Waals surface area contributed by atoms with Crippen molar-refractivity contribution in [1.82, 2.24) is 9.97 Å². The number of aromatic amines is 1. The summed E-state index contributed by atoms with van der Waals surface area (Å²) in [6.45, 7) is 9.33. The van der Waals surface area contributed by atoms with E-state index in [-0.39, 0.29) is 23.0 Å². The highest BCUT2D eigenvalue weighted by molar-refractivity contribution is 6.30. The predicted molar refractivity (Wildman–Crippen MR) is 127 cm³/mol. The molecule has 0 atom stereocenters. The third kappa shape index (κ3) is 5.34. The summed E-state index contributed by atoms with van der Waals surface area (Å²) in [5.41, 5.74) is 1.22. The Kier molecular flexibility index (Phi) is 6.69. The molecule has 0 unspecified atom stereocenters. The number of aromatic nitrogens is 2. The molecule has 1 amide bonds. The first-order valence-electron chi connectivity index (χ1n) is 10.2. The quantitative estimate of drug-likeness (QED) is 0.434. The SMILES string of the molecule is CC(C)c1[nH]c(=O)c(-c2cc(Cl)ccc2F)cc1Nc1ccnc(NC(=O)C(C)(C)C)c1. The number of hydrogen-bond donors (Lipinski definition) is 3. The van der Waals surface area contributed by atoms with Crippen LogP contribution in [0.1, 0.15) is 46.2 Å². The van der Waals surface area contributed by atoms with Crippen LogP contribution >= 0.6 is 11.6 Å². The molecule has 3 N–H and O–H groups in total. The van der Waals surface area contributed by atoms with Gasteiger partial charge in [-0.3, -0.25) is 9.59 Å². The summed E-state index contributed by atoms with van der Waals surface area (Å²) < 4.78 is 14.4. The van der Waals surface area contributed by atoms with Gasteiger partial charge < -0.3 is 15.6 Å². The number of halogens is 2. The van der Waals surface area contributed by atoms with Crippen molar-refractivity contribution in [2.45, 2.75) is 40.5 Å². The highest BCUT2D eigenvalue weighted by Crippen LogP contribution is 2.31. The number of nitrogens with one attached hydrogen (secondary N) is 3. The lowest BCUT2D eigenvalue weighted by molar-refractivity contribution is -0.123. The van der Waals surface area contributed by atoms with Gasteiger partial charge in [0.05, 0.1) is 11.3 Å². The highest BCUT2D eigenvalue weighted by Gasteiger charge is 2.22. The molecular formula is C24H26ClFN4O2. The Morgan fingerprint density at radius 1 is 1.12 bits per heavy atom. The first kappa shape index (κ1) is 23.5. The number of carbonyl (C=O) groups is 1. The Morgan fingerprint density at radius 2 is 1.84 bits per heavy atom. The minimum atomic E-state index is -0.565. The first-order valence-corrected chi connectivity index (χ1v) is 10.6. The van der Waals surface area contributed by atoms with E-state index in [1.165, 1.54) is 18.2 Å². The van der Waals surface area contributed by atoms with Gasteiger partial charge in [-0.2, -0.15) is 0 Å². The summed E-state index contributed by atoms with van der Waals surface area (Å²) in [5, 5.41) is 6.38. The van der Waals surface area contributed by atoms with E-state index in [9.17, 15) is 14.0 Å².